The molecule has 4 aromatic rings. The number of anilines is 1. The minimum atomic E-state index is -0.314. The van der Waals surface area contributed by atoms with Gasteiger partial charge in [0.1, 0.15) is 0 Å². The molecular formula is C20H15N3O3. The molecule has 128 valence electrons. The van der Waals surface area contributed by atoms with E-state index >= 15 is 0 Å². The lowest BCUT2D eigenvalue weighted by Crippen LogP contribution is -2.12. The van der Waals surface area contributed by atoms with Crippen molar-refractivity contribution in [1.82, 2.24) is 10.2 Å². The summed E-state index contributed by atoms with van der Waals surface area (Å²) in [6, 6.07) is 21.0. The van der Waals surface area contributed by atoms with E-state index in [1.54, 1.807) is 24.3 Å². The van der Waals surface area contributed by atoms with Crippen molar-refractivity contribution in [2.45, 2.75) is 6.42 Å². The maximum Gasteiger partial charge on any atom is 0.322 e. The van der Waals surface area contributed by atoms with Gasteiger partial charge in [-0.25, -0.2) is 0 Å². The summed E-state index contributed by atoms with van der Waals surface area (Å²) in [5, 5.41) is 10.2. The summed E-state index contributed by atoms with van der Waals surface area (Å²) >= 11 is 0. The van der Waals surface area contributed by atoms with E-state index in [-0.39, 0.29) is 17.8 Å². The molecule has 0 saturated carbocycles. The van der Waals surface area contributed by atoms with Gasteiger partial charge in [-0.1, -0.05) is 47.6 Å². The third-order valence-corrected chi connectivity index (χ3v) is 3.84. The van der Waals surface area contributed by atoms with E-state index < -0.39 is 0 Å². The number of nitrogens with one attached hydrogen (secondary N) is 1. The van der Waals surface area contributed by atoms with Gasteiger partial charge in [0, 0.05) is 5.56 Å². The van der Waals surface area contributed by atoms with Crippen molar-refractivity contribution in [2.75, 3.05) is 5.32 Å². The number of carbonyl (C=O) groups is 1. The normalized spacial score (nSPS) is 10.6. The number of hydrogen-bond acceptors (Lipinski definition) is 5. The Morgan fingerprint density at radius 1 is 0.885 bits per heavy atom. The molecule has 0 bridgehead atoms. The van der Waals surface area contributed by atoms with Crippen molar-refractivity contribution in [3.05, 3.63) is 89.7 Å². The van der Waals surface area contributed by atoms with Crippen LogP contribution in [0.4, 0.5) is 6.01 Å². The lowest BCUT2D eigenvalue weighted by atomic mass is 10.0. The molecule has 0 radical (unpaired) electrons. The maximum atomic E-state index is 12.3. The van der Waals surface area contributed by atoms with Gasteiger partial charge in [0.2, 0.25) is 0 Å². The number of furan rings is 1. The van der Waals surface area contributed by atoms with Crippen LogP contribution in [0.15, 0.2) is 81.8 Å². The van der Waals surface area contributed by atoms with Crippen LogP contribution in [0.5, 0.6) is 0 Å². The van der Waals surface area contributed by atoms with Gasteiger partial charge in [-0.15, -0.1) is 5.10 Å². The van der Waals surface area contributed by atoms with Crippen LogP contribution in [-0.4, -0.2) is 16.1 Å². The van der Waals surface area contributed by atoms with Crippen LogP contribution in [0.25, 0.3) is 11.7 Å². The second-order valence-corrected chi connectivity index (χ2v) is 5.70. The van der Waals surface area contributed by atoms with Crippen molar-refractivity contribution >= 4 is 11.9 Å². The average molecular weight is 345 g/mol. The van der Waals surface area contributed by atoms with Crippen LogP contribution in [0, 0.1) is 0 Å². The van der Waals surface area contributed by atoms with Crippen molar-refractivity contribution in [3.63, 3.8) is 0 Å². The number of nitrogens with zero attached hydrogens (tertiary/aromatic N) is 2. The molecule has 0 aliphatic heterocycles. The fraction of sp³-hybridized carbons (Fsp3) is 0.0500. The molecule has 6 nitrogen and oxygen atoms in total. The molecule has 4 rings (SSSR count). The summed E-state index contributed by atoms with van der Waals surface area (Å²) in [6.45, 7) is 0. The zero-order valence-electron chi connectivity index (χ0n) is 13.8. The Morgan fingerprint density at radius 3 is 2.38 bits per heavy atom. The number of benzene rings is 2. The Morgan fingerprint density at radius 2 is 1.65 bits per heavy atom. The van der Waals surface area contributed by atoms with Gasteiger partial charge < -0.3 is 8.83 Å². The number of hydrogen-bond donors (Lipinski definition) is 1. The quantitative estimate of drug-likeness (QED) is 0.587. The van der Waals surface area contributed by atoms with Crippen molar-refractivity contribution < 1.29 is 13.6 Å². The topological polar surface area (TPSA) is 81.2 Å². The van der Waals surface area contributed by atoms with Gasteiger partial charge >= 0.3 is 6.01 Å². The van der Waals surface area contributed by atoms with Gasteiger partial charge in [-0.2, -0.15) is 0 Å². The highest BCUT2D eigenvalue weighted by molar-refractivity contribution is 6.03. The summed E-state index contributed by atoms with van der Waals surface area (Å²) in [5.74, 6) is 0.345. The predicted molar refractivity (Wildman–Crippen MR) is 95.6 cm³/mol. The zero-order valence-corrected chi connectivity index (χ0v) is 13.8. The summed E-state index contributed by atoms with van der Waals surface area (Å²) in [5.41, 5.74) is 2.87. The van der Waals surface area contributed by atoms with E-state index in [0.717, 1.165) is 12.0 Å². The van der Waals surface area contributed by atoms with Gasteiger partial charge in [-0.3, -0.25) is 10.1 Å². The Hall–Kier alpha value is -3.67. The highest BCUT2D eigenvalue weighted by Gasteiger charge is 2.14. The lowest BCUT2D eigenvalue weighted by molar-refractivity contribution is 0.102. The summed E-state index contributed by atoms with van der Waals surface area (Å²) in [7, 11) is 0. The van der Waals surface area contributed by atoms with E-state index in [1.165, 1.54) is 11.8 Å². The number of aromatic nitrogens is 2. The van der Waals surface area contributed by atoms with E-state index in [1.807, 2.05) is 30.3 Å². The van der Waals surface area contributed by atoms with Crippen LogP contribution in [0.3, 0.4) is 0 Å². The molecule has 0 unspecified atom stereocenters. The molecule has 0 fully saturated rings. The average Bonchev–Trinajstić information content (AvgIpc) is 3.35. The first-order valence-corrected chi connectivity index (χ1v) is 8.09. The Kier molecular flexibility index (Phi) is 4.30. The fourth-order valence-corrected chi connectivity index (χ4v) is 2.55. The SMILES string of the molecule is O=C(Nc1nnc(-c2ccco2)o1)c1ccc(Cc2ccccc2)cc1. The maximum absolute atomic E-state index is 12.3. The van der Waals surface area contributed by atoms with E-state index in [4.69, 9.17) is 8.83 Å². The van der Waals surface area contributed by atoms with Crippen molar-refractivity contribution in [1.29, 1.82) is 0 Å². The van der Waals surface area contributed by atoms with Crippen molar-refractivity contribution in [3.8, 4) is 11.7 Å². The van der Waals surface area contributed by atoms with E-state index in [9.17, 15) is 4.79 Å². The monoisotopic (exact) mass is 345 g/mol. The third kappa shape index (κ3) is 3.54. The molecular weight excluding hydrogens is 330 g/mol. The molecule has 0 aliphatic rings. The summed E-state index contributed by atoms with van der Waals surface area (Å²) < 4.78 is 10.6. The van der Waals surface area contributed by atoms with E-state index in [0.29, 0.717) is 11.3 Å². The van der Waals surface area contributed by atoms with Crippen LogP contribution in [-0.2, 0) is 6.42 Å². The lowest BCUT2D eigenvalue weighted by Gasteiger charge is -2.04. The summed E-state index contributed by atoms with van der Waals surface area (Å²) in [4.78, 5) is 12.3. The second-order valence-electron chi connectivity index (χ2n) is 5.70. The first kappa shape index (κ1) is 15.8. The molecule has 0 saturated heterocycles. The fourth-order valence-electron chi connectivity index (χ4n) is 2.55. The highest BCUT2D eigenvalue weighted by Crippen LogP contribution is 2.20. The van der Waals surface area contributed by atoms with E-state index in [2.05, 4.69) is 27.6 Å². The van der Waals surface area contributed by atoms with Gasteiger partial charge in [0.25, 0.3) is 11.8 Å². The first-order valence-electron chi connectivity index (χ1n) is 8.09. The predicted octanol–water partition coefficient (Wildman–Crippen LogP) is 4.17. The first-order chi connectivity index (χ1) is 12.8. The minimum Gasteiger partial charge on any atom is -0.459 e. The van der Waals surface area contributed by atoms with Crippen LogP contribution < -0.4 is 5.32 Å². The second kappa shape index (κ2) is 7.06. The Labute approximate surface area is 149 Å². The number of rotatable bonds is 5. The van der Waals surface area contributed by atoms with Crippen LogP contribution >= 0.6 is 0 Å². The molecule has 1 N–H and O–H groups in total. The number of amides is 1. The molecule has 6 heteroatoms. The molecule has 0 atom stereocenters. The standard InChI is InChI=1S/C20H15N3O3/c24-18(21-20-23-22-19(26-20)17-7-4-12-25-17)16-10-8-15(9-11-16)13-14-5-2-1-3-6-14/h1-12H,13H2,(H,21,23,24). The van der Waals surface area contributed by atoms with Crippen LogP contribution in [0.2, 0.25) is 0 Å². The zero-order chi connectivity index (χ0) is 17.8. The number of carbonyl (C=O) groups excluding carboxylic acids is 1. The molecule has 1 amide bonds. The molecule has 0 spiro atoms. The molecule has 2 aromatic carbocycles. The van der Waals surface area contributed by atoms with Gasteiger partial charge in [0.15, 0.2) is 5.76 Å². The Bertz CT molecular complexity index is 990. The molecule has 2 heterocycles. The summed E-state index contributed by atoms with van der Waals surface area (Å²) in [6.07, 6.45) is 2.33. The van der Waals surface area contributed by atoms with Gasteiger partial charge in [0.05, 0.1) is 6.26 Å². The third-order valence-electron chi connectivity index (χ3n) is 3.84. The Balaban J connectivity index is 1.42. The molecule has 0 aliphatic carbocycles. The van der Waals surface area contributed by atoms with Crippen LogP contribution in [0.1, 0.15) is 21.5 Å². The smallest absolute Gasteiger partial charge is 0.322 e. The highest BCUT2D eigenvalue weighted by atomic mass is 16.4. The van der Waals surface area contributed by atoms with Gasteiger partial charge in [-0.05, 0) is 41.8 Å². The van der Waals surface area contributed by atoms with Crippen molar-refractivity contribution in [2.24, 2.45) is 0 Å². The largest absolute Gasteiger partial charge is 0.459 e. The molecule has 26 heavy (non-hydrogen) atoms. The minimum absolute atomic E-state index is 0.0229. The molecule has 2 aromatic heterocycles.